The lowest BCUT2D eigenvalue weighted by Crippen LogP contribution is -2.60. The lowest BCUT2D eigenvalue weighted by molar-refractivity contribution is -0.302. The van der Waals surface area contributed by atoms with Crippen LogP contribution in [-0.4, -0.2) is 94.6 Å². The Morgan fingerprint density at radius 3 is 1.96 bits per heavy atom. The maximum atomic E-state index is 12.9. The molecule has 1 heterocycles. The van der Waals surface area contributed by atoms with Gasteiger partial charge in [-0.25, -0.2) is 0 Å². The van der Waals surface area contributed by atoms with E-state index in [0.29, 0.717) is 19.3 Å². The Labute approximate surface area is 283 Å². The molecule has 0 saturated carbocycles. The van der Waals surface area contributed by atoms with Crippen molar-refractivity contribution in [3.8, 4) is 5.75 Å². The van der Waals surface area contributed by atoms with Gasteiger partial charge >= 0.3 is 0 Å². The largest absolute Gasteiger partial charge is 0.497 e. The van der Waals surface area contributed by atoms with Crippen LogP contribution < -0.4 is 10.1 Å². The number of carbonyl (C=O) groups excluding carboxylic acids is 1. The van der Waals surface area contributed by atoms with Gasteiger partial charge in [0.05, 0.1) is 32.5 Å². The van der Waals surface area contributed by atoms with E-state index in [9.17, 15) is 30.3 Å². The second-order valence-corrected chi connectivity index (χ2v) is 13.2. The first-order chi connectivity index (χ1) is 22.8. The van der Waals surface area contributed by atoms with Crippen LogP contribution in [0.2, 0.25) is 0 Å². The van der Waals surface area contributed by atoms with E-state index in [1.165, 1.54) is 69.8 Å². The molecule has 6 N–H and O–H groups in total. The van der Waals surface area contributed by atoms with E-state index in [0.717, 1.165) is 44.3 Å². The molecule has 1 fully saturated rings. The summed E-state index contributed by atoms with van der Waals surface area (Å²) < 4.78 is 16.4. The number of nitrogens with one attached hydrogen (secondary N) is 1. The summed E-state index contributed by atoms with van der Waals surface area (Å²) in [4.78, 5) is 12.9. The van der Waals surface area contributed by atoms with E-state index >= 15 is 0 Å². The smallest absolute Gasteiger partial charge is 0.220 e. The van der Waals surface area contributed by atoms with E-state index in [2.05, 4.69) is 12.2 Å². The van der Waals surface area contributed by atoms with E-state index in [-0.39, 0.29) is 12.5 Å². The molecule has 1 saturated heterocycles. The van der Waals surface area contributed by atoms with Crippen molar-refractivity contribution >= 4 is 5.91 Å². The Bertz CT molecular complexity index is 916. The quantitative estimate of drug-likeness (QED) is 0.0715. The number of aliphatic hydroxyl groups is 5. The molecule has 0 aliphatic carbocycles. The summed E-state index contributed by atoms with van der Waals surface area (Å²) in [5.41, 5.74) is 1.22. The zero-order chi connectivity index (χ0) is 34.3. The molecule has 7 atom stereocenters. The van der Waals surface area contributed by atoms with Crippen molar-refractivity contribution < 1.29 is 44.5 Å². The number of amides is 1. The summed E-state index contributed by atoms with van der Waals surface area (Å²) in [7, 11) is 1.64. The summed E-state index contributed by atoms with van der Waals surface area (Å²) in [6.07, 6.45) is 12.3. The van der Waals surface area contributed by atoms with Crippen molar-refractivity contribution in [1.29, 1.82) is 0 Å². The molecular weight excluding hydrogens is 602 g/mol. The van der Waals surface area contributed by atoms with Gasteiger partial charge in [-0.15, -0.1) is 0 Å². The molecule has 1 aliphatic heterocycles. The average molecular weight is 668 g/mol. The van der Waals surface area contributed by atoms with Gasteiger partial charge in [-0.3, -0.25) is 4.79 Å². The lowest BCUT2D eigenvalue weighted by Gasteiger charge is -2.40. The van der Waals surface area contributed by atoms with Crippen LogP contribution in [0.15, 0.2) is 24.3 Å². The number of carbonyl (C=O) groups is 1. The third-order valence-electron chi connectivity index (χ3n) is 9.23. The first-order valence-corrected chi connectivity index (χ1v) is 18.3. The van der Waals surface area contributed by atoms with Gasteiger partial charge < -0.3 is 45.1 Å². The predicted octanol–water partition coefficient (Wildman–Crippen LogP) is 4.94. The summed E-state index contributed by atoms with van der Waals surface area (Å²) >= 11 is 0. The topological polar surface area (TPSA) is 158 Å². The lowest BCUT2D eigenvalue weighted by atomic mass is 9.99. The maximum absolute atomic E-state index is 12.9. The molecule has 2 rings (SSSR count). The number of methoxy groups -OCH3 is 1. The average Bonchev–Trinajstić information content (AvgIpc) is 3.08. The van der Waals surface area contributed by atoms with E-state index in [1.54, 1.807) is 7.11 Å². The van der Waals surface area contributed by atoms with Crippen LogP contribution in [0.5, 0.6) is 5.75 Å². The monoisotopic (exact) mass is 667 g/mol. The third-order valence-corrected chi connectivity index (χ3v) is 9.23. The fraction of sp³-hybridized carbons (Fsp3) is 0.811. The molecule has 10 nitrogen and oxygen atoms in total. The Hall–Kier alpha value is -1.79. The highest BCUT2D eigenvalue weighted by Crippen LogP contribution is 2.23. The number of ether oxygens (including phenoxy) is 3. The highest BCUT2D eigenvalue weighted by molar-refractivity contribution is 5.76. The molecule has 0 radical (unpaired) electrons. The van der Waals surface area contributed by atoms with Gasteiger partial charge in [0.15, 0.2) is 6.29 Å². The minimum Gasteiger partial charge on any atom is -0.497 e. The molecule has 1 aromatic rings. The zero-order valence-electron chi connectivity index (χ0n) is 29.1. The molecule has 0 bridgehead atoms. The number of aryl methyl sites for hydroxylation is 1. The zero-order valence-corrected chi connectivity index (χ0v) is 29.1. The Balaban J connectivity index is 1.75. The van der Waals surface area contributed by atoms with Gasteiger partial charge in [0.25, 0.3) is 0 Å². The van der Waals surface area contributed by atoms with E-state index in [1.807, 2.05) is 24.3 Å². The van der Waals surface area contributed by atoms with Gasteiger partial charge in [-0.1, -0.05) is 109 Å². The van der Waals surface area contributed by atoms with Crippen LogP contribution in [-0.2, 0) is 20.7 Å². The fourth-order valence-corrected chi connectivity index (χ4v) is 6.09. The van der Waals surface area contributed by atoms with Crippen molar-refractivity contribution in [3.63, 3.8) is 0 Å². The molecule has 3 unspecified atom stereocenters. The minimum absolute atomic E-state index is 0.161. The predicted molar refractivity (Wildman–Crippen MR) is 183 cm³/mol. The number of aliphatic hydroxyl groups excluding tert-OH is 5. The Morgan fingerprint density at radius 1 is 0.809 bits per heavy atom. The van der Waals surface area contributed by atoms with Crippen LogP contribution in [0, 0.1) is 0 Å². The molecule has 1 amide bonds. The standard InChI is InChI=1S/C37H65NO9/c1-3-4-5-6-7-8-9-10-11-12-13-14-17-20-31(40)30(27-46-37-36(44)35(43)34(42)32(26-39)47-37)38-33(41)21-18-15-16-19-28-22-24-29(45-2)25-23-28/h22-25,30-32,34-37,39-40,42-44H,3-21,26-27H2,1-2H3,(H,38,41)/t30-,31+,32?,34-,35?,36?,37-/m0/s1. The summed E-state index contributed by atoms with van der Waals surface area (Å²) in [5.74, 6) is 0.632. The summed E-state index contributed by atoms with van der Waals surface area (Å²) in [5, 5.41) is 54.0. The van der Waals surface area contributed by atoms with Gasteiger partial charge in [-0.2, -0.15) is 0 Å². The SMILES string of the molecule is CCCCCCCCCCCCCCC[C@@H](O)[C@H](CO[C@H]1OC(CO)[C@H](O)C(O)C1O)NC(=O)CCCCCc1ccc(OC)cc1. The van der Waals surface area contributed by atoms with Gasteiger partial charge in [0.2, 0.25) is 5.91 Å². The molecule has 0 aromatic heterocycles. The van der Waals surface area contributed by atoms with Crippen molar-refractivity contribution in [1.82, 2.24) is 5.32 Å². The van der Waals surface area contributed by atoms with Crippen molar-refractivity contribution in [3.05, 3.63) is 29.8 Å². The van der Waals surface area contributed by atoms with Gasteiger partial charge in [0, 0.05) is 6.42 Å². The summed E-state index contributed by atoms with van der Waals surface area (Å²) in [6.45, 7) is 1.52. The number of benzene rings is 1. The van der Waals surface area contributed by atoms with Crippen molar-refractivity contribution in [2.45, 2.75) is 172 Å². The first-order valence-electron chi connectivity index (χ1n) is 18.3. The van der Waals surface area contributed by atoms with Crippen molar-refractivity contribution in [2.24, 2.45) is 0 Å². The third kappa shape index (κ3) is 16.9. The maximum Gasteiger partial charge on any atom is 0.220 e. The van der Waals surface area contributed by atoms with Crippen LogP contribution in [0.25, 0.3) is 0 Å². The van der Waals surface area contributed by atoms with Crippen LogP contribution in [0.3, 0.4) is 0 Å². The molecule has 272 valence electrons. The summed E-state index contributed by atoms with van der Waals surface area (Å²) in [6, 6.07) is 7.23. The Kier molecular flexibility index (Phi) is 22.2. The van der Waals surface area contributed by atoms with Crippen molar-refractivity contribution in [2.75, 3.05) is 20.3 Å². The van der Waals surface area contributed by atoms with Crippen LogP contribution in [0.1, 0.15) is 128 Å². The minimum atomic E-state index is -1.56. The van der Waals surface area contributed by atoms with Crippen LogP contribution >= 0.6 is 0 Å². The second kappa shape index (κ2) is 25.2. The molecule has 1 aromatic carbocycles. The number of rotatable bonds is 27. The molecule has 10 heteroatoms. The van der Waals surface area contributed by atoms with E-state index in [4.69, 9.17) is 14.2 Å². The Morgan fingerprint density at radius 2 is 1.38 bits per heavy atom. The number of hydrogen-bond donors (Lipinski definition) is 6. The second-order valence-electron chi connectivity index (χ2n) is 13.2. The fourth-order valence-electron chi connectivity index (χ4n) is 6.09. The normalized spacial score (nSPS) is 22.6. The first kappa shape index (κ1) is 41.4. The highest BCUT2D eigenvalue weighted by atomic mass is 16.7. The van der Waals surface area contributed by atoms with E-state index < -0.39 is 49.5 Å². The van der Waals surface area contributed by atoms with Gasteiger partial charge in [0.1, 0.15) is 30.2 Å². The highest BCUT2D eigenvalue weighted by Gasteiger charge is 2.44. The molecule has 47 heavy (non-hydrogen) atoms. The number of unbranched alkanes of at least 4 members (excludes halogenated alkanes) is 14. The molecule has 0 spiro atoms. The number of hydrogen-bond acceptors (Lipinski definition) is 9. The molecular formula is C37H65NO9. The van der Waals surface area contributed by atoms with Crippen LogP contribution in [0.4, 0.5) is 0 Å². The molecule has 1 aliphatic rings. The van der Waals surface area contributed by atoms with Gasteiger partial charge in [-0.05, 0) is 43.4 Å².